The summed E-state index contributed by atoms with van der Waals surface area (Å²) in [5.74, 6) is -0.853. The summed E-state index contributed by atoms with van der Waals surface area (Å²) in [5.41, 5.74) is 0. The van der Waals surface area contributed by atoms with Crippen LogP contribution < -0.4 is 0 Å². The smallest absolute Gasteiger partial charge is 0.306 e. The summed E-state index contributed by atoms with van der Waals surface area (Å²) in [6.07, 6.45) is 59.1. The molecule has 1 atom stereocenters. The first-order valence-electron chi connectivity index (χ1n) is 28.2. The molecule has 0 aromatic carbocycles. The van der Waals surface area contributed by atoms with Gasteiger partial charge in [-0.25, -0.2) is 0 Å². The Balaban J connectivity index is 4.29. The topological polar surface area (TPSA) is 78.9 Å². The minimum Gasteiger partial charge on any atom is -0.462 e. The summed E-state index contributed by atoms with van der Waals surface area (Å²) in [7, 11) is 0. The number of unbranched alkanes of at least 4 members (excludes halogenated alkanes) is 39. The second-order valence-electron chi connectivity index (χ2n) is 19.2. The fourth-order valence-electron chi connectivity index (χ4n) is 8.50. The molecule has 0 bridgehead atoms. The molecular formula is C57H108O6. The number of carbonyl (C=O) groups is 3. The Kier molecular flexibility index (Phi) is 51.2. The third kappa shape index (κ3) is 51.0. The number of carbonyl (C=O) groups excluding carboxylic acids is 3. The summed E-state index contributed by atoms with van der Waals surface area (Å²) in [5, 5.41) is 0. The number of hydrogen-bond acceptors (Lipinski definition) is 6. The van der Waals surface area contributed by atoms with Crippen molar-refractivity contribution < 1.29 is 28.6 Å². The lowest BCUT2D eigenvalue weighted by Gasteiger charge is -2.18. The third-order valence-corrected chi connectivity index (χ3v) is 12.8. The summed E-state index contributed by atoms with van der Waals surface area (Å²) in [6, 6.07) is 0. The maximum absolute atomic E-state index is 12.8. The van der Waals surface area contributed by atoms with E-state index in [1.54, 1.807) is 0 Å². The van der Waals surface area contributed by atoms with E-state index in [-0.39, 0.29) is 31.1 Å². The molecule has 0 aliphatic rings. The van der Waals surface area contributed by atoms with E-state index in [0.29, 0.717) is 19.3 Å². The van der Waals surface area contributed by atoms with Crippen LogP contribution >= 0.6 is 0 Å². The van der Waals surface area contributed by atoms with Crippen molar-refractivity contribution >= 4 is 17.9 Å². The zero-order valence-electron chi connectivity index (χ0n) is 42.6. The fourth-order valence-corrected chi connectivity index (χ4v) is 8.50. The van der Waals surface area contributed by atoms with Gasteiger partial charge in [-0.3, -0.25) is 14.4 Å². The zero-order valence-corrected chi connectivity index (χ0v) is 42.6. The van der Waals surface area contributed by atoms with Crippen LogP contribution in [0.3, 0.4) is 0 Å². The molecule has 0 fully saturated rings. The van der Waals surface area contributed by atoms with Crippen LogP contribution in [0, 0.1) is 0 Å². The van der Waals surface area contributed by atoms with Gasteiger partial charge in [-0.2, -0.15) is 0 Å². The first-order chi connectivity index (χ1) is 31.0. The monoisotopic (exact) mass is 889 g/mol. The first-order valence-corrected chi connectivity index (χ1v) is 28.2. The third-order valence-electron chi connectivity index (χ3n) is 12.8. The van der Waals surface area contributed by atoms with E-state index < -0.39 is 6.10 Å². The standard InChI is InChI=1S/C57H108O6/c1-4-7-10-13-16-19-22-25-27-28-29-30-33-35-38-41-44-47-50-56(59)62-53-54(52-61-55(58)49-46-43-40-37-34-31-24-21-18-15-12-9-6-3)63-57(60)51-48-45-42-39-36-32-26-23-20-17-14-11-8-5-2/h21,24,54H,4-20,22-23,25-53H2,1-3H3/b24-21+/t54-/m1/s1. The van der Waals surface area contributed by atoms with Crippen LogP contribution in [0.2, 0.25) is 0 Å². The zero-order chi connectivity index (χ0) is 45.8. The molecule has 6 heteroatoms. The van der Waals surface area contributed by atoms with E-state index in [0.717, 1.165) is 64.2 Å². The molecule has 0 saturated carbocycles. The lowest BCUT2D eigenvalue weighted by molar-refractivity contribution is -0.167. The normalized spacial score (nSPS) is 12.0. The summed E-state index contributed by atoms with van der Waals surface area (Å²) < 4.78 is 16.9. The molecule has 0 unspecified atom stereocenters. The molecule has 0 N–H and O–H groups in total. The van der Waals surface area contributed by atoms with Crippen molar-refractivity contribution in [3.8, 4) is 0 Å². The highest BCUT2D eigenvalue weighted by Crippen LogP contribution is 2.17. The van der Waals surface area contributed by atoms with E-state index in [2.05, 4.69) is 32.9 Å². The molecule has 0 aliphatic carbocycles. The Bertz CT molecular complexity index is 978. The Morgan fingerprint density at radius 2 is 0.524 bits per heavy atom. The van der Waals surface area contributed by atoms with Crippen LogP contribution in [-0.4, -0.2) is 37.2 Å². The lowest BCUT2D eigenvalue weighted by Crippen LogP contribution is -2.30. The highest BCUT2D eigenvalue weighted by atomic mass is 16.6. The van der Waals surface area contributed by atoms with Gasteiger partial charge in [0, 0.05) is 19.3 Å². The second kappa shape index (κ2) is 52.8. The van der Waals surface area contributed by atoms with Crippen molar-refractivity contribution in [3.05, 3.63) is 12.2 Å². The molecule has 0 aliphatic heterocycles. The van der Waals surface area contributed by atoms with Gasteiger partial charge in [-0.1, -0.05) is 264 Å². The second-order valence-corrected chi connectivity index (χ2v) is 19.2. The van der Waals surface area contributed by atoms with Gasteiger partial charge < -0.3 is 14.2 Å². The number of ether oxygens (including phenoxy) is 3. The van der Waals surface area contributed by atoms with Crippen LogP contribution in [0.4, 0.5) is 0 Å². The summed E-state index contributed by atoms with van der Waals surface area (Å²) in [6.45, 7) is 6.67. The molecule has 0 saturated heterocycles. The van der Waals surface area contributed by atoms with Crippen molar-refractivity contribution in [2.45, 2.75) is 322 Å². The fraction of sp³-hybridized carbons (Fsp3) is 0.912. The van der Waals surface area contributed by atoms with E-state index in [1.165, 1.54) is 212 Å². The largest absolute Gasteiger partial charge is 0.462 e. The molecule has 0 amide bonds. The maximum Gasteiger partial charge on any atom is 0.306 e. The highest BCUT2D eigenvalue weighted by molar-refractivity contribution is 5.71. The van der Waals surface area contributed by atoms with E-state index in [9.17, 15) is 14.4 Å². The van der Waals surface area contributed by atoms with Gasteiger partial charge in [-0.05, 0) is 44.9 Å². The minimum absolute atomic E-state index is 0.0666. The molecule has 0 aromatic heterocycles. The van der Waals surface area contributed by atoms with Crippen LogP contribution in [0.25, 0.3) is 0 Å². The van der Waals surface area contributed by atoms with Crippen LogP contribution in [0.5, 0.6) is 0 Å². The number of rotatable bonds is 52. The Morgan fingerprint density at radius 1 is 0.302 bits per heavy atom. The average molecular weight is 889 g/mol. The predicted octanol–water partition coefficient (Wildman–Crippen LogP) is 18.5. The molecule has 372 valence electrons. The van der Waals surface area contributed by atoms with Crippen molar-refractivity contribution in [2.75, 3.05) is 13.2 Å². The quantitative estimate of drug-likeness (QED) is 0.0262. The number of esters is 3. The lowest BCUT2D eigenvalue weighted by atomic mass is 10.0. The van der Waals surface area contributed by atoms with Gasteiger partial charge in [-0.15, -0.1) is 0 Å². The molecule has 0 heterocycles. The molecule has 6 nitrogen and oxygen atoms in total. The minimum atomic E-state index is -0.767. The molecule has 0 aromatic rings. The van der Waals surface area contributed by atoms with Crippen molar-refractivity contribution in [2.24, 2.45) is 0 Å². The molecule has 0 rings (SSSR count). The first kappa shape index (κ1) is 61.1. The van der Waals surface area contributed by atoms with Crippen molar-refractivity contribution in [1.82, 2.24) is 0 Å². The van der Waals surface area contributed by atoms with Gasteiger partial charge in [0.15, 0.2) is 6.10 Å². The van der Waals surface area contributed by atoms with Gasteiger partial charge in [0.05, 0.1) is 0 Å². The summed E-state index contributed by atoms with van der Waals surface area (Å²) >= 11 is 0. The van der Waals surface area contributed by atoms with Gasteiger partial charge in [0.25, 0.3) is 0 Å². The SMILES string of the molecule is CCCCCC/C=C/CCCCCCCC(=O)OC[C@H](COC(=O)CCCCCCCCCCCCCCCCCCCC)OC(=O)CCCCCCCCCCCCCCCC. The van der Waals surface area contributed by atoms with E-state index >= 15 is 0 Å². The average Bonchev–Trinajstić information content (AvgIpc) is 3.28. The van der Waals surface area contributed by atoms with E-state index in [1.807, 2.05) is 0 Å². The van der Waals surface area contributed by atoms with E-state index in [4.69, 9.17) is 14.2 Å². The van der Waals surface area contributed by atoms with Gasteiger partial charge >= 0.3 is 17.9 Å². The van der Waals surface area contributed by atoms with Crippen LogP contribution in [-0.2, 0) is 28.6 Å². The molecule has 0 radical (unpaired) electrons. The molecular weight excluding hydrogens is 781 g/mol. The van der Waals surface area contributed by atoms with Gasteiger partial charge in [0.1, 0.15) is 13.2 Å². The number of allylic oxidation sites excluding steroid dienone is 2. The van der Waals surface area contributed by atoms with Gasteiger partial charge in [0.2, 0.25) is 0 Å². The summed E-state index contributed by atoms with van der Waals surface area (Å²) in [4.78, 5) is 38.1. The Morgan fingerprint density at radius 3 is 0.810 bits per heavy atom. The van der Waals surface area contributed by atoms with Crippen molar-refractivity contribution in [3.63, 3.8) is 0 Å². The molecule has 0 spiro atoms. The Hall–Kier alpha value is -1.85. The molecule has 63 heavy (non-hydrogen) atoms. The van der Waals surface area contributed by atoms with Crippen LogP contribution in [0.15, 0.2) is 12.2 Å². The highest BCUT2D eigenvalue weighted by Gasteiger charge is 2.19. The van der Waals surface area contributed by atoms with Crippen LogP contribution in [0.1, 0.15) is 316 Å². The predicted molar refractivity (Wildman–Crippen MR) is 270 cm³/mol. The Labute approximate surface area is 392 Å². The van der Waals surface area contributed by atoms with Crippen molar-refractivity contribution in [1.29, 1.82) is 0 Å². The number of hydrogen-bond donors (Lipinski definition) is 0. The maximum atomic E-state index is 12.8.